The first-order chi connectivity index (χ1) is 13.3. The second-order valence-corrected chi connectivity index (χ2v) is 10.1. The molecule has 3 fully saturated rings. The molecule has 28 heavy (non-hydrogen) atoms. The summed E-state index contributed by atoms with van der Waals surface area (Å²) in [6.07, 6.45) is 13.2. The maximum atomic E-state index is 12.6. The molecule has 0 saturated heterocycles. The van der Waals surface area contributed by atoms with Crippen LogP contribution in [0.1, 0.15) is 72.1 Å². The summed E-state index contributed by atoms with van der Waals surface area (Å²) in [6.45, 7) is 6.27. The van der Waals surface area contributed by atoms with Crippen LogP contribution in [0.3, 0.4) is 0 Å². The van der Waals surface area contributed by atoms with E-state index in [1.54, 1.807) is 0 Å². The molecule has 4 heteroatoms. The Morgan fingerprint density at radius 3 is 2.64 bits per heavy atom. The van der Waals surface area contributed by atoms with Gasteiger partial charge >= 0.3 is 5.97 Å². The number of ketones is 1. The van der Waals surface area contributed by atoms with Gasteiger partial charge in [0, 0.05) is 25.3 Å². The van der Waals surface area contributed by atoms with E-state index in [0.717, 1.165) is 51.2 Å². The molecule has 7 atom stereocenters. The third-order valence-electron chi connectivity index (χ3n) is 8.97. The summed E-state index contributed by atoms with van der Waals surface area (Å²) in [4.78, 5) is 24.0. The third-order valence-corrected chi connectivity index (χ3v) is 8.97. The van der Waals surface area contributed by atoms with Crippen LogP contribution in [-0.4, -0.2) is 23.0 Å². The van der Waals surface area contributed by atoms with Crippen molar-refractivity contribution >= 4 is 11.8 Å². The number of fused-ring (bicyclic) bond motifs is 5. The lowest BCUT2D eigenvalue weighted by Gasteiger charge is -2.58. The van der Waals surface area contributed by atoms with Crippen LogP contribution in [0.4, 0.5) is 0 Å². The summed E-state index contributed by atoms with van der Waals surface area (Å²) in [5.74, 6) is 1.90. The van der Waals surface area contributed by atoms with Gasteiger partial charge in [-0.2, -0.15) is 0 Å². The molecule has 0 heterocycles. The third kappa shape index (κ3) is 2.95. The Kier molecular flexibility index (Phi) is 4.96. The lowest BCUT2D eigenvalue weighted by molar-refractivity contribution is -0.149. The number of ether oxygens (including phenoxy) is 1. The minimum Gasteiger partial charge on any atom is -0.515 e. The zero-order valence-electron chi connectivity index (χ0n) is 17.4. The lowest BCUT2D eigenvalue weighted by atomic mass is 9.47. The minimum absolute atomic E-state index is 0.0426. The van der Waals surface area contributed by atoms with Crippen molar-refractivity contribution in [3.8, 4) is 0 Å². The van der Waals surface area contributed by atoms with Gasteiger partial charge in [-0.1, -0.05) is 25.5 Å². The van der Waals surface area contributed by atoms with E-state index < -0.39 is 0 Å². The molecule has 0 spiro atoms. The SMILES string of the molecule is CC(=O)O[C@@H]1CC[C@@]2(C)C(=CC[C@@H]3[C@H]4CC[C@@H](C(=O)/C=C/O)[C@@]4(C)CC[C@H]32)C1. The number of aliphatic hydroxyl groups is 1. The Morgan fingerprint density at radius 1 is 1.14 bits per heavy atom. The van der Waals surface area contributed by atoms with Gasteiger partial charge in [0.15, 0.2) is 5.78 Å². The first kappa shape index (κ1) is 19.7. The Balaban J connectivity index is 1.57. The summed E-state index contributed by atoms with van der Waals surface area (Å²) in [5.41, 5.74) is 1.78. The molecule has 3 saturated carbocycles. The Bertz CT molecular complexity index is 722. The van der Waals surface area contributed by atoms with Gasteiger partial charge in [-0.3, -0.25) is 9.59 Å². The van der Waals surface area contributed by atoms with Gasteiger partial charge in [0.2, 0.25) is 0 Å². The van der Waals surface area contributed by atoms with E-state index in [-0.39, 0.29) is 34.6 Å². The monoisotopic (exact) mass is 386 g/mol. The van der Waals surface area contributed by atoms with Gasteiger partial charge in [0.05, 0.1) is 6.26 Å². The number of esters is 1. The molecule has 0 amide bonds. The van der Waals surface area contributed by atoms with Crippen molar-refractivity contribution in [2.24, 2.45) is 34.5 Å². The fourth-order valence-corrected chi connectivity index (χ4v) is 7.62. The highest BCUT2D eigenvalue weighted by Crippen LogP contribution is 2.66. The molecule has 1 N–H and O–H groups in total. The molecule has 0 aromatic rings. The molecular formula is C24H34O4. The quantitative estimate of drug-likeness (QED) is 0.316. The summed E-state index contributed by atoms with van der Waals surface area (Å²) >= 11 is 0. The van der Waals surface area contributed by atoms with E-state index in [1.165, 1.54) is 25.0 Å². The standard InChI is InChI=1S/C24H34O4/c1-15(26)28-17-8-11-23(2)16(14-17)4-5-18-19-6-7-21(22(27)10-13-25)24(19,3)12-9-20(18)23/h4,10,13,17-21,25H,5-9,11-12,14H2,1-3H3/b13-10+/t17-,18-,19-,20-,21+,23+,24+/m1/s1. The van der Waals surface area contributed by atoms with Crippen molar-refractivity contribution in [3.63, 3.8) is 0 Å². The van der Waals surface area contributed by atoms with E-state index in [1.807, 2.05) is 0 Å². The number of hydrogen-bond acceptors (Lipinski definition) is 4. The number of aliphatic hydroxyl groups excluding tert-OH is 1. The summed E-state index contributed by atoms with van der Waals surface area (Å²) in [6, 6.07) is 0. The van der Waals surface area contributed by atoms with Gasteiger partial charge in [-0.25, -0.2) is 0 Å². The molecule has 4 aliphatic carbocycles. The first-order valence-corrected chi connectivity index (χ1v) is 11.0. The van der Waals surface area contributed by atoms with Gasteiger partial charge in [-0.05, 0) is 73.5 Å². The van der Waals surface area contributed by atoms with Gasteiger partial charge in [0.25, 0.3) is 0 Å². The van der Waals surface area contributed by atoms with Gasteiger partial charge in [-0.15, -0.1) is 0 Å². The van der Waals surface area contributed by atoms with E-state index in [0.29, 0.717) is 17.8 Å². The highest BCUT2D eigenvalue weighted by Gasteiger charge is 2.59. The Hall–Kier alpha value is -1.58. The first-order valence-electron chi connectivity index (χ1n) is 11.0. The maximum Gasteiger partial charge on any atom is 0.302 e. The number of carbonyl (C=O) groups excluding carboxylic acids is 2. The molecule has 4 rings (SSSR count). The van der Waals surface area contributed by atoms with Crippen LogP contribution in [-0.2, 0) is 14.3 Å². The molecular weight excluding hydrogens is 352 g/mol. The predicted molar refractivity (Wildman–Crippen MR) is 108 cm³/mol. The maximum absolute atomic E-state index is 12.6. The van der Waals surface area contributed by atoms with Crippen LogP contribution in [0.25, 0.3) is 0 Å². The van der Waals surface area contributed by atoms with Crippen LogP contribution in [0.15, 0.2) is 24.0 Å². The summed E-state index contributed by atoms with van der Waals surface area (Å²) in [7, 11) is 0. The van der Waals surface area contributed by atoms with E-state index in [4.69, 9.17) is 9.84 Å². The topological polar surface area (TPSA) is 63.6 Å². The summed E-state index contributed by atoms with van der Waals surface area (Å²) in [5, 5.41) is 9.06. The molecule has 4 nitrogen and oxygen atoms in total. The van der Waals surface area contributed by atoms with Crippen molar-refractivity contribution in [2.45, 2.75) is 78.2 Å². The van der Waals surface area contributed by atoms with Crippen molar-refractivity contribution in [1.29, 1.82) is 0 Å². The molecule has 0 aliphatic heterocycles. The zero-order chi connectivity index (χ0) is 20.1. The fraction of sp³-hybridized carbons (Fsp3) is 0.750. The highest BCUT2D eigenvalue weighted by molar-refractivity contribution is 5.92. The average Bonchev–Trinajstić information content (AvgIpc) is 2.99. The number of hydrogen-bond donors (Lipinski definition) is 1. The Labute approximate surface area is 168 Å². The fourth-order valence-electron chi connectivity index (χ4n) is 7.62. The lowest BCUT2D eigenvalue weighted by Crippen LogP contribution is -2.51. The summed E-state index contributed by atoms with van der Waals surface area (Å²) < 4.78 is 5.53. The largest absolute Gasteiger partial charge is 0.515 e. The van der Waals surface area contributed by atoms with Crippen molar-refractivity contribution in [2.75, 3.05) is 0 Å². The van der Waals surface area contributed by atoms with E-state index in [9.17, 15) is 9.59 Å². The van der Waals surface area contributed by atoms with Crippen LogP contribution < -0.4 is 0 Å². The predicted octanol–water partition coefficient (Wildman–Crippen LogP) is 5.14. The van der Waals surface area contributed by atoms with Crippen LogP contribution in [0.5, 0.6) is 0 Å². The van der Waals surface area contributed by atoms with Crippen molar-refractivity contribution in [1.82, 2.24) is 0 Å². The molecule has 0 aromatic carbocycles. The second kappa shape index (κ2) is 7.03. The molecule has 0 radical (unpaired) electrons. The zero-order valence-corrected chi connectivity index (χ0v) is 17.4. The molecule has 0 aromatic heterocycles. The van der Waals surface area contributed by atoms with Crippen LogP contribution >= 0.6 is 0 Å². The van der Waals surface area contributed by atoms with Gasteiger partial charge in [0.1, 0.15) is 6.10 Å². The molecule has 0 bridgehead atoms. The van der Waals surface area contributed by atoms with Crippen molar-refractivity contribution < 1.29 is 19.4 Å². The van der Waals surface area contributed by atoms with Crippen LogP contribution in [0.2, 0.25) is 0 Å². The minimum atomic E-state index is -0.171. The molecule has 0 unspecified atom stereocenters. The highest BCUT2D eigenvalue weighted by atomic mass is 16.5. The Morgan fingerprint density at radius 2 is 1.93 bits per heavy atom. The normalized spacial score (nSPS) is 45.0. The molecule has 4 aliphatic rings. The number of carbonyl (C=O) groups is 2. The second-order valence-electron chi connectivity index (χ2n) is 10.1. The van der Waals surface area contributed by atoms with E-state index in [2.05, 4.69) is 19.9 Å². The number of allylic oxidation sites excluding steroid dienone is 2. The molecule has 154 valence electrons. The smallest absolute Gasteiger partial charge is 0.302 e. The number of rotatable bonds is 3. The average molecular weight is 387 g/mol. The van der Waals surface area contributed by atoms with E-state index >= 15 is 0 Å². The van der Waals surface area contributed by atoms with Gasteiger partial charge < -0.3 is 9.84 Å². The van der Waals surface area contributed by atoms with Crippen molar-refractivity contribution in [3.05, 3.63) is 24.0 Å². The van der Waals surface area contributed by atoms with Crippen LogP contribution in [0, 0.1) is 34.5 Å².